The van der Waals surface area contributed by atoms with E-state index in [1.165, 1.54) is 11.7 Å². The number of rotatable bonds is 0. The van der Waals surface area contributed by atoms with Crippen molar-refractivity contribution in [2.75, 3.05) is 0 Å². The lowest BCUT2D eigenvalue weighted by Gasteiger charge is -1.69. The van der Waals surface area contributed by atoms with Crippen molar-refractivity contribution >= 4 is 11.7 Å². The Hall–Kier alpha value is -1.22. The summed E-state index contributed by atoms with van der Waals surface area (Å²) in [5, 5.41) is 0. The van der Waals surface area contributed by atoms with E-state index in [1.54, 1.807) is 12.4 Å². The lowest BCUT2D eigenvalue weighted by Crippen LogP contribution is -1.47. The van der Waals surface area contributed by atoms with Gasteiger partial charge in [-0.2, -0.15) is 8.75 Å². The summed E-state index contributed by atoms with van der Waals surface area (Å²) in [4.78, 5) is 0. The summed E-state index contributed by atoms with van der Waals surface area (Å²) in [6.45, 7) is 0. The largest absolute Gasteiger partial charge is 0.182 e. The van der Waals surface area contributed by atoms with Gasteiger partial charge in [-0.05, 0) is 0 Å². The Morgan fingerprint density at radius 3 is 1.18 bits per heavy atom. The molecule has 56 valence electrons. The molecular weight excluding hydrogens is 156 g/mol. The van der Waals surface area contributed by atoms with Gasteiger partial charge < -0.3 is 0 Å². The summed E-state index contributed by atoms with van der Waals surface area (Å²) in [5.41, 5.74) is 0. The minimum Gasteiger partial charge on any atom is -0.182 e. The maximum Gasteiger partial charge on any atom is 0.0679 e. The normalized spacial score (nSPS) is 8.00. The Kier molecular flexibility index (Phi) is 3.98. The predicted molar refractivity (Wildman–Crippen MR) is 46.4 cm³/mol. The summed E-state index contributed by atoms with van der Waals surface area (Å²) in [5.74, 6) is 0. The molecule has 0 N–H and O–H groups in total. The summed E-state index contributed by atoms with van der Waals surface area (Å²) >= 11 is 1.21. The molecule has 1 aromatic carbocycles. The van der Waals surface area contributed by atoms with Gasteiger partial charge in [0.05, 0.1) is 24.1 Å². The van der Waals surface area contributed by atoms with Crippen molar-refractivity contribution in [3.8, 4) is 0 Å². The molecule has 1 heterocycles. The van der Waals surface area contributed by atoms with Gasteiger partial charge in [0.2, 0.25) is 0 Å². The zero-order chi connectivity index (χ0) is 7.78. The first kappa shape index (κ1) is 7.88. The van der Waals surface area contributed by atoms with E-state index in [-0.39, 0.29) is 0 Å². The Morgan fingerprint density at radius 2 is 1.00 bits per heavy atom. The van der Waals surface area contributed by atoms with Crippen LogP contribution in [0.1, 0.15) is 0 Å². The van der Waals surface area contributed by atoms with E-state index in [2.05, 4.69) is 8.75 Å². The molecule has 0 radical (unpaired) electrons. The van der Waals surface area contributed by atoms with Gasteiger partial charge in [0.15, 0.2) is 0 Å². The molecule has 0 fully saturated rings. The molecule has 2 nitrogen and oxygen atoms in total. The van der Waals surface area contributed by atoms with Gasteiger partial charge in [0.1, 0.15) is 0 Å². The average Bonchev–Trinajstić information content (AvgIpc) is 2.64. The van der Waals surface area contributed by atoms with Crippen LogP contribution >= 0.6 is 11.7 Å². The van der Waals surface area contributed by atoms with E-state index in [1.807, 2.05) is 36.4 Å². The molecule has 0 aliphatic heterocycles. The number of benzene rings is 1. The third-order valence-corrected chi connectivity index (χ3v) is 1.38. The molecule has 1 aromatic heterocycles. The molecule has 0 unspecified atom stereocenters. The minimum atomic E-state index is 1.21. The molecule has 0 aliphatic rings. The second kappa shape index (κ2) is 5.56. The lowest BCUT2D eigenvalue weighted by atomic mass is 10.4. The van der Waals surface area contributed by atoms with Crippen LogP contribution in [0.25, 0.3) is 0 Å². The van der Waals surface area contributed by atoms with Crippen molar-refractivity contribution in [2.24, 2.45) is 0 Å². The lowest BCUT2D eigenvalue weighted by molar-refractivity contribution is 1.53. The summed E-state index contributed by atoms with van der Waals surface area (Å²) in [6, 6.07) is 12.0. The fourth-order valence-corrected chi connectivity index (χ4v) is 0.793. The van der Waals surface area contributed by atoms with Crippen LogP contribution in [0.5, 0.6) is 0 Å². The maximum atomic E-state index is 3.65. The van der Waals surface area contributed by atoms with Crippen molar-refractivity contribution in [3.63, 3.8) is 0 Å². The minimum absolute atomic E-state index is 1.21. The van der Waals surface area contributed by atoms with Crippen molar-refractivity contribution in [1.29, 1.82) is 0 Å². The zero-order valence-electron chi connectivity index (χ0n) is 5.92. The van der Waals surface area contributed by atoms with E-state index in [9.17, 15) is 0 Å². The van der Waals surface area contributed by atoms with E-state index in [0.717, 1.165) is 0 Å². The first-order valence-electron chi connectivity index (χ1n) is 3.21. The van der Waals surface area contributed by atoms with Gasteiger partial charge >= 0.3 is 0 Å². The van der Waals surface area contributed by atoms with Gasteiger partial charge in [-0.25, -0.2) is 0 Å². The Balaban J connectivity index is 0.000000112. The first-order chi connectivity index (χ1) is 5.50. The van der Waals surface area contributed by atoms with E-state index >= 15 is 0 Å². The molecule has 0 atom stereocenters. The molecular formula is C8H8N2S. The van der Waals surface area contributed by atoms with Crippen LogP contribution in [0.15, 0.2) is 48.8 Å². The summed E-state index contributed by atoms with van der Waals surface area (Å²) in [7, 11) is 0. The fourth-order valence-electron chi connectivity index (χ4n) is 0.521. The molecule has 2 rings (SSSR count). The van der Waals surface area contributed by atoms with Crippen LogP contribution < -0.4 is 0 Å². The van der Waals surface area contributed by atoms with Crippen molar-refractivity contribution in [1.82, 2.24) is 8.75 Å². The van der Waals surface area contributed by atoms with E-state index in [4.69, 9.17) is 0 Å². The molecule has 0 saturated heterocycles. The molecule has 3 heteroatoms. The predicted octanol–water partition coefficient (Wildman–Crippen LogP) is 2.22. The summed E-state index contributed by atoms with van der Waals surface area (Å²) in [6.07, 6.45) is 3.31. The highest BCUT2D eigenvalue weighted by atomic mass is 32.1. The van der Waals surface area contributed by atoms with Crippen LogP contribution in [0.4, 0.5) is 0 Å². The van der Waals surface area contributed by atoms with Gasteiger partial charge in [-0.1, -0.05) is 36.4 Å². The molecule has 0 amide bonds. The Labute approximate surface area is 69.9 Å². The van der Waals surface area contributed by atoms with Crippen molar-refractivity contribution < 1.29 is 0 Å². The molecule has 11 heavy (non-hydrogen) atoms. The van der Waals surface area contributed by atoms with Crippen LogP contribution in [0.3, 0.4) is 0 Å². The van der Waals surface area contributed by atoms with Crippen molar-refractivity contribution in [2.45, 2.75) is 0 Å². The van der Waals surface area contributed by atoms with E-state index < -0.39 is 0 Å². The Bertz CT molecular complexity index is 198. The van der Waals surface area contributed by atoms with Crippen LogP contribution in [0, 0.1) is 0 Å². The standard InChI is InChI=1S/C6H6.C2H2N2S/c1-2-4-6-5-3-1;1-2-4-5-3-1/h1-6H;1-2H. The number of hydrogen-bond donors (Lipinski definition) is 0. The molecule has 0 spiro atoms. The fraction of sp³-hybridized carbons (Fsp3) is 0. The number of nitrogens with zero attached hydrogens (tertiary/aromatic N) is 2. The van der Waals surface area contributed by atoms with Crippen LogP contribution in [-0.2, 0) is 0 Å². The summed E-state index contributed by atoms with van der Waals surface area (Å²) < 4.78 is 7.31. The van der Waals surface area contributed by atoms with Gasteiger partial charge in [0.25, 0.3) is 0 Å². The molecule has 2 aromatic rings. The van der Waals surface area contributed by atoms with Crippen LogP contribution in [-0.4, -0.2) is 8.75 Å². The Morgan fingerprint density at radius 1 is 0.636 bits per heavy atom. The van der Waals surface area contributed by atoms with Crippen LogP contribution in [0.2, 0.25) is 0 Å². The molecule has 0 aliphatic carbocycles. The zero-order valence-corrected chi connectivity index (χ0v) is 6.74. The maximum absolute atomic E-state index is 3.65. The average molecular weight is 164 g/mol. The first-order valence-corrected chi connectivity index (χ1v) is 3.95. The SMILES string of the molecule is c1ccccc1.c1cnsn1. The van der Waals surface area contributed by atoms with Gasteiger partial charge in [0, 0.05) is 0 Å². The molecule has 0 saturated carbocycles. The highest BCUT2D eigenvalue weighted by Crippen LogP contribution is 1.79. The number of hydrogen-bond acceptors (Lipinski definition) is 3. The second-order valence-corrected chi connectivity index (χ2v) is 2.33. The second-order valence-electron chi connectivity index (χ2n) is 1.75. The highest BCUT2D eigenvalue weighted by Gasteiger charge is 1.61. The molecule has 0 bridgehead atoms. The smallest absolute Gasteiger partial charge is 0.0679 e. The third kappa shape index (κ3) is 4.22. The van der Waals surface area contributed by atoms with Crippen molar-refractivity contribution in [3.05, 3.63) is 48.8 Å². The monoisotopic (exact) mass is 164 g/mol. The quantitative estimate of drug-likeness (QED) is 0.596. The van der Waals surface area contributed by atoms with E-state index in [0.29, 0.717) is 0 Å². The topological polar surface area (TPSA) is 25.8 Å². The highest BCUT2D eigenvalue weighted by molar-refractivity contribution is 6.98. The number of aromatic nitrogens is 2. The van der Waals surface area contributed by atoms with Gasteiger partial charge in [-0.3, -0.25) is 0 Å². The third-order valence-electron chi connectivity index (χ3n) is 0.949. The van der Waals surface area contributed by atoms with Gasteiger partial charge in [-0.15, -0.1) is 0 Å².